The summed E-state index contributed by atoms with van der Waals surface area (Å²) < 4.78 is 7.44. The van der Waals surface area contributed by atoms with Crippen LogP contribution < -0.4 is 4.74 Å². The molecule has 0 atom stereocenters. The fraction of sp³-hybridized carbons (Fsp3) is 0.333. The van der Waals surface area contributed by atoms with Crippen LogP contribution in [0.1, 0.15) is 28.9 Å². The molecular formula is C15H15ClN2O3. The van der Waals surface area contributed by atoms with Gasteiger partial charge in [0.25, 0.3) is 0 Å². The molecule has 1 saturated carbocycles. The van der Waals surface area contributed by atoms with Gasteiger partial charge in [0.2, 0.25) is 0 Å². The van der Waals surface area contributed by atoms with Crippen LogP contribution in [0.2, 0.25) is 5.02 Å². The first kappa shape index (κ1) is 13.9. The van der Waals surface area contributed by atoms with Gasteiger partial charge in [-0.05, 0) is 43.5 Å². The SMILES string of the molecule is Cc1cc(Cl)c(OC2CC2)c(-c2cc(C(=O)O)nn2C)c1. The number of carboxylic acids is 1. The predicted octanol–water partition coefficient (Wildman–Crippen LogP) is 3.29. The van der Waals surface area contributed by atoms with Gasteiger partial charge in [-0.1, -0.05) is 11.6 Å². The van der Waals surface area contributed by atoms with Crippen molar-refractivity contribution in [2.24, 2.45) is 7.05 Å². The quantitative estimate of drug-likeness (QED) is 0.941. The Bertz CT molecular complexity index is 720. The van der Waals surface area contributed by atoms with Crippen LogP contribution in [0.4, 0.5) is 0 Å². The number of nitrogens with zero attached hydrogens (tertiary/aromatic N) is 2. The Morgan fingerprint density at radius 2 is 2.14 bits per heavy atom. The van der Waals surface area contributed by atoms with E-state index in [2.05, 4.69) is 5.10 Å². The Morgan fingerprint density at radius 3 is 2.71 bits per heavy atom. The van der Waals surface area contributed by atoms with Crippen molar-refractivity contribution in [1.29, 1.82) is 0 Å². The van der Waals surface area contributed by atoms with Crippen molar-refractivity contribution in [3.63, 3.8) is 0 Å². The molecule has 1 heterocycles. The van der Waals surface area contributed by atoms with Crippen LogP contribution in [-0.4, -0.2) is 27.0 Å². The fourth-order valence-corrected chi connectivity index (χ4v) is 2.53. The molecule has 6 heteroatoms. The molecule has 1 N–H and O–H groups in total. The number of hydrogen-bond acceptors (Lipinski definition) is 3. The molecule has 0 amide bonds. The Hall–Kier alpha value is -2.01. The van der Waals surface area contributed by atoms with Gasteiger partial charge < -0.3 is 9.84 Å². The second kappa shape index (κ2) is 5.07. The molecule has 2 aromatic rings. The molecule has 21 heavy (non-hydrogen) atoms. The predicted molar refractivity (Wildman–Crippen MR) is 79.0 cm³/mol. The van der Waals surface area contributed by atoms with E-state index in [1.54, 1.807) is 7.05 Å². The minimum absolute atomic E-state index is 0.00232. The maximum atomic E-state index is 11.1. The number of aryl methyl sites for hydroxylation is 2. The molecule has 1 fully saturated rings. The first-order valence-corrected chi connectivity index (χ1v) is 7.08. The highest BCUT2D eigenvalue weighted by Crippen LogP contribution is 2.40. The van der Waals surface area contributed by atoms with Crippen molar-refractivity contribution in [2.45, 2.75) is 25.9 Å². The van der Waals surface area contributed by atoms with Gasteiger partial charge in [-0.3, -0.25) is 4.68 Å². The van der Waals surface area contributed by atoms with Crippen LogP contribution >= 0.6 is 11.6 Å². The van der Waals surface area contributed by atoms with Crippen molar-refractivity contribution in [1.82, 2.24) is 9.78 Å². The van der Waals surface area contributed by atoms with Crippen LogP contribution in [0.5, 0.6) is 5.75 Å². The van der Waals surface area contributed by atoms with E-state index in [-0.39, 0.29) is 11.8 Å². The number of hydrogen-bond donors (Lipinski definition) is 1. The van der Waals surface area contributed by atoms with E-state index in [1.165, 1.54) is 10.7 Å². The van der Waals surface area contributed by atoms with Gasteiger partial charge in [0, 0.05) is 12.6 Å². The fourth-order valence-electron chi connectivity index (χ4n) is 2.22. The van der Waals surface area contributed by atoms with Gasteiger partial charge in [-0.15, -0.1) is 0 Å². The van der Waals surface area contributed by atoms with Crippen molar-refractivity contribution in [3.05, 3.63) is 34.5 Å². The van der Waals surface area contributed by atoms with Crippen LogP contribution in [0, 0.1) is 6.92 Å². The molecule has 1 aromatic carbocycles. The van der Waals surface area contributed by atoms with E-state index < -0.39 is 5.97 Å². The molecular weight excluding hydrogens is 292 g/mol. The summed E-state index contributed by atoms with van der Waals surface area (Å²) in [6.07, 6.45) is 2.25. The molecule has 5 nitrogen and oxygen atoms in total. The Morgan fingerprint density at radius 1 is 1.43 bits per heavy atom. The molecule has 0 bridgehead atoms. The van der Waals surface area contributed by atoms with Crippen molar-refractivity contribution in [2.75, 3.05) is 0 Å². The molecule has 0 aliphatic heterocycles. The summed E-state index contributed by atoms with van der Waals surface area (Å²) in [4.78, 5) is 11.1. The smallest absolute Gasteiger partial charge is 0.356 e. The lowest BCUT2D eigenvalue weighted by Crippen LogP contribution is -2.02. The lowest BCUT2D eigenvalue weighted by atomic mass is 10.1. The van der Waals surface area contributed by atoms with Crippen molar-refractivity contribution >= 4 is 17.6 Å². The average Bonchev–Trinajstić information content (AvgIpc) is 3.13. The van der Waals surface area contributed by atoms with E-state index in [0.29, 0.717) is 16.5 Å². The Balaban J connectivity index is 2.13. The lowest BCUT2D eigenvalue weighted by Gasteiger charge is -2.14. The number of carboxylic acid groups (broad SMARTS) is 1. The number of aromatic nitrogens is 2. The number of halogens is 1. The summed E-state index contributed by atoms with van der Waals surface area (Å²) in [6, 6.07) is 5.32. The third-order valence-corrected chi connectivity index (χ3v) is 3.65. The maximum Gasteiger partial charge on any atom is 0.356 e. The van der Waals surface area contributed by atoms with Gasteiger partial charge in [0.15, 0.2) is 5.69 Å². The monoisotopic (exact) mass is 306 g/mol. The highest BCUT2D eigenvalue weighted by atomic mass is 35.5. The normalized spacial score (nSPS) is 14.2. The summed E-state index contributed by atoms with van der Waals surface area (Å²) in [5, 5.41) is 13.6. The Kier molecular flexibility index (Phi) is 3.37. The number of carbonyl (C=O) groups is 1. The number of ether oxygens (including phenoxy) is 1. The third-order valence-electron chi connectivity index (χ3n) is 3.37. The molecule has 1 aromatic heterocycles. The zero-order valence-electron chi connectivity index (χ0n) is 11.8. The number of aromatic carboxylic acids is 1. The van der Waals surface area contributed by atoms with E-state index in [0.717, 1.165) is 24.0 Å². The van der Waals surface area contributed by atoms with Gasteiger partial charge in [-0.25, -0.2) is 4.79 Å². The highest BCUT2D eigenvalue weighted by molar-refractivity contribution is 6.32. The summed E-state index contributed by atoms with van der Waals surface area (Å²) in [5.41, 5.74) is 2.43. The average molecular weight is 307 g/mol. The summed E-state index contributed by atoms with van der Waals surface area (Å²) in [5.74, 6) is -0.454. The standard InChI is InChI=1S/C15H15ClN2O3/c1-8-5-10(13-7-12(15(19)20)17-18(13)2)14(11(16)6-8)21-9-3-4-9/h5-7,9H,3-4H2,1-2H3,(H,19,20). The molecule has 3 rings (SSSR count). The molecule has 0 unspecified atom stereocenters. The molecule has 1 aliphatic carbocycles. The largest absolute Gasteiger partial charge is 0.488 e. The van der Waals surface area contributed by atoms with Gasteiger partial charge in [0.1, 0.15) is 5.75 Å². The van der Waals surface area contributed by atoms with E-state index in [4.69, 9.17) is 21.4 Å². The van der Waals surface area contributed by atoms with Gasteiger partial charge in [0.05, 0.1) is 16.8 Å². The highest BCUT2D eigenvalue weighted by Gasteiger charge is 2.27. The lowest BCUT2D eigenvalue weighted by molar-refractivity contribution is 0.0689. The van der Waals surface area contributed by atoms with Crippen LogP contribution in [-0.2, 0) is 7.05 Å². The van der Waals surface area contributed by atoms with Crippen LogP contribution in [0.3, 0.4) is 0 Å². The molecule has 0 radical (unpaired) electrons. The van der Waals surface area contributed by atoms with Gasteiger partial charge >= 0.3 is 5.97 Å². The minimum Gasteiger partial charge on any atom is -0.488 e. The summed E-state index contributed by atoms with van der Waals surface area (Å²) in [6.45, 7) is 1.94. The van der Waals surface area contributed by atoms with Crippen LogP contribution in [0.25, 0.3) is 11.3 Å². The second-order valence-electron chi connectivity index (χ2n) is 5.28. The molecule has 0 saturated heterocycles. The zero-order valence-corrected chi connectivity index (χ0v) is 12.5. The zero-order chi connectivity index (χ0) is 15.1. The van der Waals surface area contributed by atoms with E-state index >= 15 is 0 Å². The van der Waals surface area contributed by atoms with Gasteiger partial charge in [-0.2, -0.15) is 5.10 Å². The second-order valence-corrected chi connectivity index (χ2v) is 5.69. The number of benzene rings is 1. The minimum atomic E-state index is -1.06. The topological polar surface area (TPSA) is 64.3 Å². The molecule has 1 aliphatic rings. The summed E-state index contributed by atoms with van der Waals surface area (Å²) in [7, 11) is 1.71. The first-order valence-electron chi connectivity index (χ1n) is 6.70. The Labute approximate surface area is 127 Å². The number of rotatable bonds is 4. The van der Waals surface area contributed by atoms with Crippen molar-refractivity contribution in [3.8, 4) is 17.0 Å². The van der Waals surface area contributed by atoms with Crippen molar-refractivity contribution < 1.29 is 14.6 Å². The molecule has 0 spiro atoms. The van der Waals surface area contributed by atoms with E-state index in [1.807, 2.05) is 19.1 Å². The molecule has 110 valence electrons. The third kappa shape index (κ3) is 2.74. The van der Waals surface area contributed by atoms with Crippen LogP contribution in [0.15, 0.2) is 18.2 Å². The van der Waals surface area contributed by atoms with E-state index in [9.17, 15) is 4.79 Å². The maximum absolute atomic E-state index is 11.1. The summed E-state index contributed by atoms with van der Waals surface area (Å²) >= 11 is 6.31. The first-order chi connectivity index (χ1) is 9.95.